The molecule has 0 aliphatic carbocycles. The number of anilines is 1. The van der Waals surface area contributed by atoms with Crippen LogP contribution in [0.1, 0.15) is 43.4 Å². The molecule has 42 heavy (non-hydrogen) atoms. The molecule has 226 valence electrons. The number of carbonyl (C=O) groups is 2. The molecule has 3 aromatic carbocycles. The Kier molecular flexibility index (Phi) is 11.2. The fourth-order valence-corrected chi connectivity index (χ4v) is 6.01. The minimum Gasteiger partial charge on any atom is -0.354 e. The number of hydrogen-bond acceptors (Lipinski definition) is 4. The van der Waals surface area contributed by atoms with Gasteiger partial charge in [-0.2, -0.15) is 13.2 Å². The van der Waals surface area contributed by atoms with Crippen molar-refractivity contribution in [2.45, 2.75) is 57.3 Å². The number of alkyl halides is 3. The maximum absolute atomic E-state index is 13.9. The van der Waals surface area contributed by atoms with Gasteiger partial charge in [0.1, 0.15) is 12.6 Å². The Morgan fingerprint density at radius 3 is 2.29 bits per heavy atom. The Morgan fingerprint density at radius 2 is 1.67 bits per heavy atom. The van der Waals surface area contributed by atoms with E-state index in [4.69, 9.17) is 0 Å². The standard InChI is InChI=1S/C30H33BrF3N3O4S/c1-4-5-16-35-29(39)22(3)36(19-23-8-6-10-25(31)17-23)28(38)20-37(26-11-7-9-24(18-26)30(32,33)34)42(40,41)27-14-12-21(2)13-15-27/h6-15,17-18,22H,4-5,16,19-20H2,1-3H3,(H,35,39). The van der Waals surface area contributed by atoms with Gasteiger partial charge in [0.2, 0.25) is 11.8 Å². The lowest BCUT2D eigenvalue weighted by Gasteiger charge is -2.32. The number of halogens is 4. The largest absolute Gasteiger partial charge is 0.416 e. The summed E-state index contributed by atoms with van der Waals surface area (Å²) in [4.78, 5) is 28.0. The van der Waals surface area contributed by atoms with Gasteiger partial charge < -0.3 is 10.2 Å². The SMILES string of the molecule is CCCCNC(=O)C(C)N(Cc1cccc(Br)c1)C(=O)CN(c1cccc(C(F)(F)F)c1)S(=O)(=O)c1ccc(C)cc1. The molecule has 0 radical (unpaired) electrons. The van der Waals surface area contributed by atoms with E-state index in [2.05, 4.69) is 21.2 Å². The van der Waals surface area contributed by atoms with E-state index in [1.54, 1.807) is 43.3 Å². The summed E-state index contributed by atoms with van der Waals surface area (Å²) in [6.07, 6.45) is -3.16. The van der Waals surface area contributed by atoms with Crippen LogP contribution in [0.5, 0.6) is 0 Å². The average Bonchev–Trinajstić information content (AvgIpc) is 2.94. The maximum atomic E-state index is 13.9. The van der Waals surface area contributed by atoms with E-state index in [0.717, 1.165) is 35.0 Å². The number of amides is 2. The molecular weight excluding hydrogens is 635 g/mol. The van der Waals surface area contributed by atoms with E-state index in [9.17, 15) is 31.2 Å². The predicted octanol–water partition coefficient (Wildman–Crippen LogP) is 6.31. The van der Waals surface area contributed by atoms with Crippen LogP contribution >= 0.6 is 15.9 Å². The van der Waals surface area contributed by atoms with Gasteiger partial charge in [-0.3, -0.25) is 13.9 Å². The third kappa shape index (κ3) is 8.57. The molecule has 12 heteroatoms. The molecular formula is C30H33BrF3N3O4S. The third-order valence-corrected chi connectivity index (χ3v) is 8.87. The second-order valence-corrected chi connectivity index (χ2v) is 12.6. The topological polar surface area (TPSA) is 86.8 Å². The highest BCUT2D eigenvalue weighted by molar-refractivity contribution is 9.10. The molecule has 0 heterocycles. The molecule has 2 amide bonds. The number of nitrogens with one attached hydrogen (secondary N) is 1. The Hall–Kier alpha value is -3.38. The fourth-order valence-electron chi connectivity index (χ4n) is 4.15. The number of nitrogens with zero attached hydrogens (tertiary/aromatic N) is 2. The van der Waals surface area contributed by atoms with Gasteiger partial charge in [0, 0.05) is 17.6 Å². The number of rotatable bonds is 12. The summed E-state index contributed by atoms with van der Waals surface area (Å²) in [6.45, 7) is 4.78. The Morgan fingerprint density at radius 1 is 1.00 bits per heavy atom. The molecule has 0 fully saturated rings. The lowest BCUT2D eigenvalue weighted by atomic mass is 10.1. The second-order valence-electron chi connectivity index (χ2n) is 9.84. The summed E-state index contributed by atoms with van der Waals surface area (Å²) in [5, 5.41) is 2.79. The molecule has 0 bridgehead atoms. The number of sulfonamides is 1. The third-order valence-electron chi connectivity index (χ3n) is 6.59. The zero-order chi connectivity index (χ0) is 31.1. The first-order chi connectivity index (χ1) is 19.7. The van der Waals surface area contributed by atoms with Crippen LogP contribution in [0.4, 0.5) is 18.9 Å². The summed E-state index contributed by atoms with van der Waals surface area (Å²) >= 11 is 3.39. The zero-order valence-electron chi connectivity index (χ0n) is 23.5. The van der Waals surface area contributed by atoms with E-state index in [1.807, 2.05) is 6.92 Å². The summed E-state index contributed by atoms with van der Waals surface area (Å²) in [6, 6.07) is 15.6. The monoisotopic (exact) mass is 667 g/mol. The molecule has 0 aromatic heterocycles. The molecule has 1 N–H and O–H groups in total. The van der Waals surface area contributed by atoms with Crippen LogP contribution in [0.25, 0.3) is 0 Å². The van der Waals surface area contributed by atoms with Crippen LogP contribution in [0.3, 0.4) is 0 Å². The first kappa shape index (κ1) is 33.1. The molecule has 1 atom stereocenters. The summed E-state index contributed by atoms with van der Waals surface area (Å²) in [5.41, 5.74) is 0.0455. The number of carbonyl (C=O) groups excluding carboxylic acids is 2. The molecule has 0 saturated heterocycles. The molecule has 0 spiro atoms. The number of hydrogen-bond donors (Lipinski definition) is 1. The van der Waals surface area contributed by atoms with E-state index in [-0.39, 0.29) is 17.1 Å². The van der Waals surface area contributed by atoms with Crippen molar-refractivity contribution in [3.63, 3.8) is 0 Å². The first-order valence-electron chi connectivity index (χ1n) is 13.3. The lowest BCUT2D eigenvalue weighted by molar-refractivity contribution is -0.139. The highest BCUT2D eigenvalue weighted by atomic mass is 79.9. The molecule has 0 aliphatic rings. The lowest BCUT2D eigenvalue weighted by Crippen LogP contribution is -2.51. The first-order valence-corrected chi connectivity index (χ1v) is 15.6. The van der Waals surface area contributed by atoms with Gasteiger partial charge in [-0.25, -0.2) is 8.42 Å². The van der Waals surface area contributed by atoms with Gasteiger partial charge in [0.05, 0.1) is 16.1 Å². The van der Waals surface area contributed by atoms with Crippen molar-refractivity contribution in [3.8, 4) is 0 Å². The average molecular weight is 669 g/mol. The van der Waals surface area contributed by atoms with Crippen LogP contribution in [0, 0.1) is 6.92 Å². The van der Waals surface area contributed by atoms with Crippen LogP contribution in [0.15, 0.2) is 82.2 Å². The molecule has 7 nitrogen and oxygen atoms in total. The second kappa shape index (κ2) is 14.2. The van der Waals surface area contributed by atoms with Crippen molar-refractivity contribution < 1.29 is 31.2 Å². The summed E-state index contributed by atoms with van der Waals surface area (Å²) < 4.78 is 69.8. The van der Waals surface area contributed by atoms with Gasteiger partial charge in [-0.15, -0.1) is 0 Å². The molecule has 3 aromatic rings. The van der Waals surface area contributed by atoms with Crippen molar-refractivity contribution in [2.75, 3.05) is 17.4 Å². The summed E-state index contributed by atoms with van der Waals surface area (Å²) in [7, 11) is -4.49. The van der Waals surface area contributed by atoms with Crippen molar-refractivity contribution in [3.05, 3.63) is 94.0 Å². The van der Waals surface area contributed by atoms with Crippen LogP contribution in [-0.2, 0) is 32.3 Å². The highest BCUT2D eigenvalue weighted by Gasteiger charge is 2.35. The normalized spacial score (nSPS) is 12.5. The predicted molar refractivity (Wildman–Crippen MR) is 159 cm³/mol. The van der Waals surface area contributed by atoms with Crippen molar-refractivity contribution in [2.24, 2.45) is 0 Å². The molecule has 1 unspecified atom stereocenters. The zero-order valence-corrected chi connectivity index (χ0v) is 25.9. The Labute approximate surface area is 252 Å². The number of benzene rings is 3. The minimum absolute atomic E-state index is 0.0400. The quantitative estimate of drug-likeness (QED) is 0.230. The summed E-state index contributed by atoms with van der Waals surface area (Å²) in [5.74, 6) is -1.19. The van der Waals surface area contributed by atoms with Crippen LogP contribution < -0.4 is 9.62 Å². The Bertz CT molecular complexity index is 1500. The Balaban J connectivity index is 2.07. The fraction of sp³-hybridized carbons (Fsp3) is 0.333. The number of unbranched alkanes of at least 4 members (excludes halogenated alkanes) is 1. The molecule has 0 aliphatic heterocycles. The van der Waals surface area contributed by atoms with E-state index in [0.29, 0.717) is 22.5 Å². The maximum Gasteiger partial charge on any atom is 0.416 e. The van der Waals surface area contributed by atoms with E-state index in [1.165, 1.54) is 30.0 Å². The number of aryl methyl sites for hydroxylation is 1. The van der Waals surface area contributed by atoms with Gasteiger partial charge in [-0.05, 0) is 68.3 Å². The van der Waals surface area contributed by atoms with Crippen molar-refractivity contribution in [1.29, 1.82) is 0 Å². The van der Waals surface area contributed by atoms with Crippen LogP contribution in [-0.4, -0.2) is 44.3 Å². The van der Waals surface area contributed by atoms with E-state index < -0.39 is 46.2 Å². The highest BCUT2D eigenvalue weighted by Crippen LogP contribution is 2.33. The smallest absolute Gasteiger partial charge is 0.354 e. The van der Waals surface area contributed by atoms with Gasteiger partial charge in [-0.1, -0.05) is 65.2 Å². The van der Waals surface area contributed by atoms with Crippen LogP contribution in [0.2, 0.25) is 0 Å². The van der Waals surface area contributed by atoms with Gasteiger partial charge in [0.25, 0.3) is 10.0 Å². The molecule has 0 saturated carbocycles. The van der Waals surface area contributed by atoms with E-state index >= 15 is 0 Å². The molecule has 3 rings (SSSR count). The van der Waals surface area contributed by atoms with Gasteiger partial charge >= 0.3 is 6.18 Å². The van der Waals surface area contributed by atoms with Crippen molar-refractivity contribution in [1.82, 2.24) is 10.2 Å². The van der Waals surface area contributed by atoms with Gasteiger partial charge in [0.15, 0.2) is 0 Å². The minimum atomic E-state index is -4.74. The van der Waals surface area contributed by atoms with Crippen molar-refractivity contribution >= 4 is 43.5 Å².